The van der Waals surface area contributed by atoms with Crippen molar-refractivity contribution in [3.05, 3.63) is 23.2 Å². The Morgan fingerprint density at radius 2 is 1.94 bits per heavy atom. The first-order valence-electron chi connectivity index (χ1n) is 5.90. The normalized spacial score (nSPS) is 24.8. The molecule has 0 saturated carbocycles. The second kappa shape index (κ2) is 5.00. The number of hydrogen-bond donors (Lipinski definition) is 0. The zero-order chi connectivity index (χ0) is 12.4. The number of amides is 1. The molecule has 1 amide bonds. The summed E-state index contributed by atoms with van der Waals surface area (Å²) >= 11 is 5.66. The Labute approximate surface area is 106 Å². The molecule has 1 aromatic heterocycles. The van der Waals surface area contributed by atoms with Crippen molar-refractivity contribution >= 4 is 17.5 Å². The maximum Gasteiger partial charge on any atom is 0.274 e. The van der Waals surface area contributed by atoms with E-state index in [2.05, 4.69) is 23.8 Å². The Bertz CT molecular complexity index is 397. The first kappa shape index (κ1) is 12.3. The molecule has 17 heavy (non-hydrogen) atoms. The third-order valence-electron chi connectivity index (χ3n) is 3.27. The van der Waals surface area contributed by atoms with E-state index in [9.17, 15) is 4.79 Å². The van der Waals surface area contributed by atoms with Crippen LogP contribution in [0, 0.1) is 0 Å². The van der Waals surface area contributed by atoms with Gasteiger partial charge in [0, 0.05) is 12.1 Å². The molecule has 0 radical (unpaired) electrons. The lowest BCUT2D eigenvalue weighted by molar-refractivity contribution is 0.0504. The molecule has 0 aromatic carbocycles. The lowest BCUT2D eigenvalue weighted by Gasteiger charge is -2.38. The fourth-order valence-electron chi connectivity index (χ4n) is 2.38. The molecule has 1 aliphatic rings. The molecule has 1 fully saturated rings. The van der Waals surface area contributed by atoms with Crippen LogP contribution in [0.15, 0.2) is 12.4 Å². The number of nitrogens with zero attached hydrogens (tertiary/aromatic N) is 3. The van der Waals surface area contributed by atoms with Gasteiger partial charge in [0.15, 0.2) is 0 Å². The quantitative estimate of drug-likeness (QED) is 0.773. The van der Waals surface area contributed by atoms with Crippen LogP contribution < -0.4 is 0 Å². The minimum atomic E-state index is -0.0473. The highest BCUT2D eigenvalue weighted by Gasteiger charge is 2.30. The molecule has 1 aromatic rings. The molecule has 1 saturated heterocycles. The van der Waals surface area contributed by atoms with Gasteiger partial charge in [-0.2, -0.15) is 0 Å². The standard InChI is InChI=1S/C12H16ClN3O/c1-8-4-3-5-9(2)16(8)12(17)10-6-15-11(13)7-14-10/h6-9H,3-5H2,1-2H3/t8-,9+. The number of aromatic nitrogens is 2. The van der Waals surface area contributed by atoms with Crippen LogP contribution in [0.2, 0.25) is 5.15 Å². The molecule has 0 aliphatic carbocycles. The van der Waals surface area contributed by atoms with Crippen LogP contribution in [0.1, 0.15) is 43.6 Å². The Hall–Kier alpha value is -1.16. The van der Waals surface area contributed by atoms with E-state index in [0.29, 0.717) is 10.8 Å². The van der Waals surface area contributed by atoms with Crippen LogP contribution in [0.3, 0.4) is 0 Å². The van der Waals surface area contributed by atoms with Gasteiger partial charge in [-0.3, -0.25) is 4.79 Å². The fourth-order valence-corrected chi connectivity index (χ4v) is 2.47. The highest BCUT2D eigenvalue weighted by atomic mass is 35.5. The first-order valence-corrected chi connectivity index (χ1v) is 6.27. The number of piperidine rings is 1. The highest BCUT2D eigenvalue weighted by Crippen LogP contribution is 2.24. The minimum Gasteiger partial charge on any atom is -0.332 e. The number of halogens is 1. The fraction of sp³-hybridized carbons (Fsp3) is 0.583. The van der Waals surface area contributed by atoms with Crippen molar-refractivity contribution in [1.82, 2.24) is 14.9 Å². The van der Waals surface area contributed by atoms with Gasteiger partial charge in [0.2, 0.25) is 0 Å². The molecule has 2 atom stereocenters. The average molecular weight is 254 g/mol. The Morgan fingerprint density at radius 1 is 1.29 bits per heavy atom. The largest absolute Gasteiger partial charge is 0.332 e. The minimum absolute atomic E-state index is 0.0473. The summed E-state index contributed by atoms with van der Waals surface area (Å²) in [5, 5.41) is 0.307. The Kier molecular flexibility index (Phi) is 3.62. The van der Waals surface area contributed by atoms with Gasteiger partial charge in [-0.25, -0.2) is 9.97 Å². The van der Waals surface area contributed by atoms with Crippen LogP contribution in [0.25, 0.3) is 0 Å². The van der Waals surface area contributed by atoms with E-state index in [4.69, 9.17) is 11.6 Å². The van der Waals surface area contributed by atoms with E-state index in [-0.39, 0.29) is 18.0 Å². The first-order chi connectivity index (χ1) is 8.09. The molecule has 0 bridgehead atoms. The molecule has 2 heterocycles. The lowest BCUT2D eigenvalue weighted by atomic mass is 9.97. The van der Waals surface area contributed by atoms with Crippen LogP contribution in [-0.4, -0.2) is 32.9 Å². The van der Waals surface area contributed by atoms with Crippen LogP contribution >= 0.6 is 11.6 Å². The van der Waals surface area contributed by atoms with E-state index in [1.807, 2.05) is 4.90 Å². The van der Waals surface area contributed by atoms with Crippen molar-refractivity contribution in [2.45, 2.75) is 45.2 Å². The molecule has 0 N–H and O–H groups in total. The van der Waals surface area contributed by atoms with Crippen molar-refractivity contribution in [1.29, 1.82) is 0 Å². The van der Waals surface area contributed by atoms with Gasteiger partial charge in [0.05, 0.1) is 12.4 Å². The predicted molar refractivity (Wildman–Crippen MR) is 66.0 cm³/mol. The monoisotopic (exact) mass is 253 g/mol. The lowest BCUT2D eigenvalue weighted by Crippen LogP contribution is -2.47. The molecular formula is C12H16ClN3O. The molecule has 2 rings (SSSR count). The number of carbonyl (C=O) groups excluding carboxylic acids is 1. The maximum atomic E-state index is 12.3. The number of hydrogen-bond acceptors (Lipinski definition) is 3. The number of rotatable bonds is 1. The van der Waals surface area contributed by atoms with Gasteiger partial charge in [-0.1, -0.05) is 11.6 Å². The van der Waals surface area contributed by atoms with Crippen molar-refractivity contribution in [3.8, 4) is 0 Å². The van der Waals surface area contributed by atoms with Gasteiger partial charge < -0.3 is 4.90 Å². The maximum absolute atomic E-state index is 12.3. The van der Waals surface area contributed by atoms with E-state index >= 15 is 0 Å². The summed E-state index contributed by atoms with van der Waals surface area (Å²) in [5.41, 5.74) is 0.370. The molecule has 4 nitrogen and oxygen atoms in total. The van der Waals surface area contributed by atoms with Gasteiger partial charge in [0.25, 0.3) is 5.91 Å². The second-order valence-electron chi connectivity index (χ2n) is 4.57. The van der Waals surface area contributed by atoms with E-state index in [0.717, 1.165) is 12.8 Å². The zero-order valence-corrected chi connectivity index (χ0v) is 10.8. The van der Waals surface area contributed by atoms with E-state index < -0.39 is 0 Å². The summed E-state index contributed by atoms with van der Waals surface area (Å²) in [5.74, 6) is -0.0473. The SMILES string of the molecule is C[C@@H]1CCC[C@H](C)N1C(=O)c1cnc(Cl)cn1. The van der Waals surface area contributed by atoms with Gasteiger partial charge in [-0.05, 0) is 33.1 Å². The summed E-state index contributed by atoms with van der Waals surface area (Å²) in [7, 11) is 0. The van der Waals surface area contributed by atoms with E-state index in [1.54, 1.807) is 0 Å². The van der Waals surface area contributed by atoms with Crippen molar-refractivity contribution in [3.63, 3.8) is 0 Å². The van der Waals surface area contributed by atoms with Gasteiger partial charge in [0.1, 0.15) is 10.8 Å². The summed E-state index contributed by atoms with van der Waals surface area (Å²) < 4.78 is 0. The number of carbonyl (C=O) groups is 1. The molecular weight excluding hydrogens is 238 g/mol. The zero-order valence-electron chi connectivity index (χ0n) is 10.1. The van der Waals surface area contributed by atoms with Gasteiger partial charge in [-0.15, -0.1) is 0 Å². The molecule has 5 heteroatoms. The van der Waals surface area contributed by atoms with Crippen LogP contribution in [0.4, 0.5) is 0 Å². The average Bonchev–Trinajstić information content (AvgIpc) is 2.29. The smallest absolute Gasteiger partial charge is 0.274 e. The van der Waals surface area contributed by atoms with Crippen molar-refractivity contribution in [2.75, 3.05) is 0 Å². The van der Waals surface area contributed by atoms with Crippen LogP contribution in [0.5, 0.6) is 0 Å². The Balaban J connectivity index is 2.20. The number of likely N-dealkylation sites (tertiary alicyclic amines) is 1. The molecule has 1 aliphatic heterocycles. The van der Waals surface area contributed by atoms with Gasteiger partial charge >= 0.3 is 0 Å². The topological polar surface area (TPSA) is 46.1 Å². The molecule has 92 valence electrons. The Morgan fingerprint density at radius 3 is 2.47 bits per heavy atom. The predicted octanol–water partition coefficient (Wildman–Crippen LogP) is 2.53. The van der Waals surface area contributed by atoms with Crippen molar-refractivity contribution < 1.29 is 4.79 Å². The third kappa shape index (κ3) is 2.57. The summed E-state index contributed by atoms with van der Waals surface area (Å²) in [6.07, 6.45) is 6.14. The van der Waals surface area contributed by atoms with E-state index in [1.165, 1.54) is 18.8 Å². The molecule has 0 spiro atoms. The molecule has 0 unspecified atom stereocenters. The summed E-state index contributed by atoms with van der Waals surface area (Å²) in [6.45, 7) is 4.16. The van der Waals surface area contributed by atoms with Crippen LogP contribution in [-0.2, 0) is 0 Å². The summed E-state index contributed by atoms with van der Waals surface area (Å²) in [4.78, 5) is 22.2. The highest BCUT2D eigenvalue weighted by molar-refractivity contribution is 6.29. The second-order valence-corrected chi connectivity index (χ2v) is 4.95. The summed E-state index contributed by atoms with van der Waals surface area (Å²) in [6, 6.07) is 0.535. The van der Waals surface area contributed by atoms with Crippen molar-refractivity contribution in [2.24, 2.45) is 0 Å². The third-order valence-corrected chi connectivity index (χ3v) is 3.46.